The van der Waals surface area contributed by atoms with Gasteiger partial charge in [-0.3, -0.25) is 4.40 Å². The smallest absolute Gasteiger partial charge is 0.205 e. The van der Waals surface area contributed by atoms with E-state index in [4.69, 9.17) is 4.42 Å². The molecule has 76 valence electrons. The van der Waals surface area contributed by atoms with Crippen LogP contribution in [0.3, 0.4) is 0 Å². The first-order chi connectivity index (χ1) is 7.93. The lowest BCUT2D eigenvalue weighted by atomic mass is 10.2. The second kappa shape index (κ2) is 2.67. The van der Waals surface area contributed by atoms with Gasteiger partial charge in [0.05, 0.1) is 11.0 Å². The predicted molar refractivity (Wildman–Crippen MR) is 64.7 cm³/mol. The first-order valence-electron chi connectivity index (χ1n) is 5.31. The van der Waals surface area contributed by atoms with E-state index >= 15 is 0 Å². The largest absolute Gasteiger partial charge is 0.438 e. The molecular formula is C14H9NO. The minimum absolute atomic E-state index is 0.905. The number of hydrogen-bond acceptors (Lipinski definition) is 1. The molecule has 4 aromatic rings. The van der Waals surface area contributed by atoms with Crippen LogP contribution in [0.2, 0.25) is 0 Å². The molecule has 2 nitrogen and oxygen atoms in total. The molecule has 0 atom stereocenters. The summed E-state index contributed by atoms with van der Waals surface area (Å²) in [5.74, 6) is 0. The maximum atomic E-state index is 5.80. The van der Waals surface area contributed by atoms with Crippen LogP contribution in [-0.4, -0.2) is 4.40 Å². The Bertz CT molecular complexity index is 742. The van der Waals surface area contributed by atoms with E-state index in [1.54, 1.807) is 0 Å². The Kier molecular flexibility index (Phi) is 1.33. The Morgan fingerprint density at radius 2 is 1.56 bits per heavy atom. The minimum atomic E-state index is 0.905. The van der Waals surface area contributed by atoms with Crippen molar-refractivity contribution in [3.05, 3.63) is 54.6 Å². The van der Waals surface area contributed by atoms with Crippen molar-refractivity contribution in [2.24, 2.45) is 0 Å². The van der Waals surface area contributed by atoms with Gasteiger partial charge in [0.2, 0.25) is 5.71 Å². The van der Waals surface area contributed by atoms with Gasteiger partial charge in [0.15, 0.2) is 5.58 Å². The average molecular weight is 207 g/mol. The number of rotatable bonds is 0. The van der Waals surface area contributed by atoms with Crippen LogP contribution < -0.4 is 0 Å². The molecule has 0 unspecified atom stereocenters. The second-order valence-electron chi connectivity index (χ2n) is 3.95. The molecule has 16 heavy (non-hydrogen) atoms. The fourth-order valence-corrected chi connectivity index (χ4v) is 2.29. The van der Waals surface area contributed by atoms with Gasteiger partial charge in [0.25, 0.3) is 0 Å². The van der Waals surface area contributed by atoms with Crippen LogP contribution in [0.15, 0.2) is 59.0 Å². The van der Waals surface area contributed by atoms with Gasteiger partial charge in [-0.15, -0.1) is 0 Å². The van der Waals surface area contributed by atoms with Crippen molar-refractivity contribution >= 4 is 27.7 Å². The molecule has 0 bridgehead atoms. The van der Waals surface area contributed by atoms with Crippen LogP contribution in [0.25, 0.3) is 27.7 Å². The second-order valence-corrected chi connectivity index (χ2v) is 3.95. The summed E-state index contributed by atoms with van der Waals surface area (Å²) >= 11 is 0. The van der Waals surface area contributed by atoms with Crippen molar-refractivity contribution in [1.82, 2.24) is 4.40 Å². The predicted octanol–water partition coefficient (Wildman–Crippen LogP) is 3.84. The molecule has 0 N–H and O–H groups in total. The van der Waals surface area contributed by atoms with Crippen LogP contribution in [0.4, 0.5) is 0 Å². The third kappa shape index (κ3) is 0.865. The maximum Gasteiger partial charge on any atom is 0.205 e. The van der Waals surface area contributed by atoms with E-state index < -0.39 is 0 Å². The third-order valence-electron chi connectivity index (χ3n) is 3.00. The minimum Gasteiger partial charge on any atom is -0.438 e. The monoisotopic (exact) mass is 207 g/mol. The molecule has 2 heterocycles. The summed E-state index contributed by atoms with van der Waals surface area (Å²) < 4.78 is 7.96. The van der Waals surface area contributed by atoms with Crippen molar-refractivity contribution in [2.75, 3.05) is 0 Å². The zero-order valence-electron chi connectivity index (χ0n) is 8.55. The summed E-state index contributed by atoms with van der Waals surface area (Å²) in [5, 5.41) is 1.21. The first kappa shape index (κ1) is 7.99. The van der Waals surface area contributed by atoms with E-state index in [0.717, 1.165) is 16.8 Å². The molecule has 0 aliphatic carbocycles. The van der Waals surface area contributed by atoms with Gasteiger partial charge in [-0.05, 0) is 18.2 Å². The van der Waals surface area contributed by atoms with Crippen molar-refractivity contribution in [3.8, 4) is 0 Å². The lowest BCUT2D eigenvalue weighted by Gasteiger charge is -1.92. The first-order valence-corrected chi connectivity index (χ1v) is 5.31. The van der Waals surface area contributed by atoms with Crippen molar-refractivity contribution in [3.63, 3.8) is 0 Å². The molecule has 2 aromatic heterocycles. The highest BCUT2D eigenvalue weighted by atomic mass is 16.3. The highest BCUT2D eigenvalue weighted by Gasteiger charge is 2.09. The average Bonchev–Trinajstić information content (AvgIpc) is 2.83. The van der Waals surface area contributed by atoms with Crippen LogP contribution in [0.1, 0.15) is 0 Å². The number of fused-ring (bicyclic) bond motifs is 5. The van der Waals surface area contributed by atoms with Gasteiger partial charge in [-0.25, -0.2) is 0 Å². The van der Waals surface area contributed by atoms with Gasteiger partial charge >= 0.3 is 0 Å². The quantitative estimate of drug-likeness (QED) is 0.428. The standard InChI is InChI=1S/C14H9NO/c1-2-6-11-10(5-1)9-14-15(11)12-7-3-4-8-13(12)16-14/h1-9H. The summed E-state index contributed by atoms with van der Waals surface area (Å²) in [6.07, 6.45) is 0. The molecule has 0 aliphatic rings. The normalized spacial score (nSPS) is 11.8. The zero-order valence-corrected chi connectivity index (χ0v) is 8.55. The van der Waals surface area contributed by atoms with E-state index in [-0.39, 0.29) is 0 Å². The van der Waals surface area contributed by atoms with Gasteiger partial charge in [0, 0.05) is 11.5 Å². The highest BCUT2D eigenvalue weighted by Crippen LogP contribution is 2.27. The van der Waals surface area contributed by atoms with Crippen molar-refractivity contribution in [2.45, 2.75) is 0 Å². The molecular weight excluding hydrogens is 198 g/mol. The zero-order chi connectivity index (χ0) is 10.5. The molecule has 4 rings (SSSR count). The molecule has 2 heteroatoms. The number of hydrogen-bond donors (Lipinski definition) is 0. The van der Waals surface area contributed by atoms with Crippen LogP contribution >= 0.6 is 0 Å². The van der Waals surface area contributed by atoms with Gasteiger partial charge in [-0.2, -0.15) is 0 Å². The molecule has 0 saturated carbocycles. The van der Waals surface area contributed by atoms with E-state index in [1.807, 2.05) is 24.3 Å². The van der Waals surface area contributed by atoms with Gasteiger partial charge in [-0.1, -0.05) is 30.3 Å². The molecule has 0 radical (unpaired) electrons. The number of oxazole rings is 1. The summed E-state index contributed by atoms with van der Waals surface area (Å²) in [6, 6.07) is 18.5. The Morgan fingerprint density at radius 1 is 0.812 bits per heavy atom. The van der Waals surface area contributed by atoms with E-state index in [0.29, 0.717) is 0 Å². The summed E-state index contributed by atoms with van der Waals surface area (Å²) in [5.41, 5.74) is 4.16. The molecule has 0 saturated heterocycles. The number of nitrogens with zero attached hydrogens (tertiary/aromatic N) is 1. The summed E-state index contributed by atoms with van der Waals surface area (Å²) in [6.45, 7) is 0. The van der Waals surface area contributed by atoms with E-state index in [2.05, 4.69) is 34.7 Å². The van der Waals surface area contributed by atoms with Crippen LogP contribution in [-0.2, 0) is 0 Å². The van der Waals surface area contributed by atoms with Crippen molar-refractivity contribution in [1.29, 1.82) is 0 Å². The maximum absolute atomic E-state index is 5.80. The lowest BCUT2D eigenvalue weighted by molar-refractivity contribution is 0.657. The number of benzene rings is 2. The summed E-state index contributed by atoms with van der Waals surface area (Å²) in [7, 11) is 0. The Morgan fingerprint density at radius 3 is 2.50 bits per heavy atom. The third-order valence-corrected chi connectivity index (χ3v) is 3.00. The summed E-state index contributed by atoms with van der Waals surface area (Å²) in [4.78, 5) is 0. The fraction of sp³-hybridized carbons (Fsp3) is 0. The fourth-order valence-electron chi connectivity index (χ4n) is 2.29. The molecule has 0 fully saturated rings. The molecule has 0 amide bonds. The van der Waals surface area contributed by atoms with Crippen LogP contribution in [0, 0.1) is 0 Å². The van der Waals surface area contributed by atoms with Gasteiger partial charge < -0.3 is 4.42 Å². The van der Waals surface area contributed by atoms with Gasteiger partial charge in [0.1, 0.15) is 0 Å². The van der Waals surface area contributed by atoms with E-state index in [1.165, 1.54) is 10.9 Å². The topological polar surface area (TPSA) is 17.6 Å². The molecule has 0 spiro atoms. The van der Waals surface area contributed by atoms with Crippen molar-refractivity contribution < 1.29 is 4.42 Å². The Balaban J connectivity index is 2.38. The van der Waals surface area contributed by atoms with E-state index in [9.17, 15) is 0 Å². The lowest BCUT2D eigenvalue weighted by Crippen LogP contribution is -1.78. The van der Waals surface area contributed by atoms with Crippen LogP contribution in [0.5, 0.6) is 0 Å². The Labute approximate surface area is 91.7 Å². The number of para-hydroxylation sites is 3. The Hall–Kier alpha value is -2.22. The highest BCUT2D eigenvalue weighted by molar-refractivity contribution is 5.92. The molecule has 0 aliphatic heterocycles. The number of aromatic nitrogens is 1. The SMILES string of the molecule is c1ccc2c(c1)cc1oc3ccccc3n12. The molecule has 2 aromatic carbocycles.